The minimum atomic E-state index is 0.638. The van der Waals surface area contributed by atoms with E-state index in [1.165, 1.54) is 13.0 Å². The van der Waals surface area contributed by atoms with Crippen molar-refractivity contribution in [2.24, 2.45) is 0 Å². The summed E-state index contributed by atoms with van der Waals surface area (Å²) in [4.78, 5) is 9.47. The largest absolute Gasteiger partial charge is 0.397 e. The molecule has 3 rings (SSSR count). The maximum atomic E-state index is 5.67. The number of nitrogens with two attached hydrogens (primary N) is 1. The first-order valence-corrected chi connectivity index (χ1v) is 6.39. The maximum Gasteiger partial charge on any atom is 0.128 e. The summed E-state index contributed by atoms with van der Waals surface area (Å²) < 4.78 is 0. The van der Waals surface area contributed by atoms with Gasteiger partial charge in [0, 0.05) is 31.2 Å². The lowest BCUT2D eigenvalue weighted by Crippen LogP contribution is -2.49. The predicted molar refractivity (Wildman–Crippen MR) is 70.0 cm³/mol. The maximum absolute atomic E-state index is 5.67. The summed E-state index contributed by atoms with van der Waals surface area (Å²) in [6.45, 7) is 6.85. The molecule has 17 heavy (non-hydrogen) atoms. The number of hydrogen-bond acceptors (Lipinski definition) is 4. The molecule has 4 nitrogen and oxygen atoms in total. The van der Waals surface area contributed by atoms with E-state index in [1.807, 2.05) is 12.1 Å². The summed E-state index contributed by atoms with van der Waals surface area (Å²) >= 11 is 0. The molecule has 0 radical (unpaired) electrons. The van der Waals surface area contributed by atoms with Crippen molar-refractivity contribution < 1.29 is 0 Å². The van der Waals surface area contributed by atoms with E-state index in [2.05, 4.69) is 28.6 Å². The minimum Gasteiger partial charge on any atom is -0.397 e. The number of pyridine rings is 1. The number of anilines is 2. The number of piperazine rings is 1. The van der Waals surface area contributed by atoms with E-state index in [-0.39, 0.29) is 0 Å². The lowest BCUT2D eigenvalue weighted by molar-refractivity contribution is 0.191. The number of fused-ring (bicyclic) bond motifs is 2. The summed E-state index contributed by atoms with van der Waals surface area (Å²) in [6, 6.07) is 5.98. The number of hydrogen-bond donors (Lipinski definition) is 1. The number of rotatable bonds is 2. The average molecular weight is 232 g/mol. The fraction of sp³-hybridized carbons (Fsp3) is 0.615. The first kappa shape index (κ1) is 10.8. The summed E-state index contributed by atoms with van der Waals surface area (Å²) in [6.07, 6.45) is 3.03. The highest BCUT2D eigenvalue weighted by atomic mass is 15.4. The number of aromatic nitrogens is 1. The number of nitrogens with zero attached hydrogens (tertiary/aromatic N) is 3. The molecule has 0 aromatic carbocycles. The minimum absolute atomic E-state index is 0.638. The van der Waals surface area contributed by atoms with Gasteiger partial charge in [-0.25, -0.2) is 4.98 Å². The fourth-order valence-electron chi connectivity index (χ4n) is 3.18. The van der Waals surface area contributed by atoms with E-state index in [0.717, 1.165) is 18.1 Å². The van der Waals surface area contributed by atoms with E-state index >= 15 is 0 Å². The smallest absolute Gasteiger partial charge is 0.128 e. The molecule has 0 spiro atoms. The first-order chi connectivity index (χ1) is 8.15. The van der Waals surface area contributed by atoms with Crippen LogP contribution in [0, 0.1) is 0 Å². The molecule has 1 aromatic heterocycles. The van der Waals surface area contributed by atoms with Crippen molar-refractivity contribution in [1.29, 1.82) is 0 Å². The van der Waals surface area contributed by atoms with E-state index in [4.69, 9.17) is 5.73 Å². The van der Waals surface area contributed by atoms with Crippen LogP contribution in [-0.2, 0) is 0 Å². The number of likely N-dealkylation sites (tertiary alicyclic amines) is 1. The van der Waals surface area contributed by atoms with Gasteiger partial charge in [0.15, 0.2) is 0 Å². The van der Waals surface area contributed by atoms with E-state index in [0.29, 0.717) is 18.1 Å². The van der Waals surface area contributed by atoms with Gasteiger partial charge in [-0.3, -0.25) is 4.90 Å². The zero-order valence-electron chi connectivity index (χ0n) is 10.5. The molecule has 2 saturated heterocycles. The van der Waals surface area contributed by atoms with Crippen LogP contribution in [0.5, 0.6) is 0 Å². The van der Waals surface area contributed by atoms with E-state index in [1.54, 1.807) is 6.20 Å². The predicted octanol–water partition coefficient (Wildman–Crippen LogP) is 1.34. The van der Waals surface area contributed by atoms with Gasteiger partial charge in [0.2, 0.25) is 0 Å². The molecule has 2 bridgehead atoms. The second-order valence-electron chi connectivity index (χ2n) is 5.44. The SMILES string of the molecule is CC(C)N1C[C@@H]2C[C@H]1CN2c1ccc(N)cn1. The molecule has 0 amide bonds. The van der Waals surface area contributed by atoms with Gasteiger partial charge in [-0.2, -0.15) is 0 Å². The van der Waals surface area contributed by atoms with Crippen molar-refractivity contribution in [3.8, 4) is 0 Å². The molecule has 2 N–H and O–H groups in total. The van der Waals surface area contributed by atoms with Gasteiger partial charge in [0.05, 0.1) is 11.9 Å². The van der Waals surface area contributed by atoms with Crippen LogP contribution in [0.2, 0.25) is 0 Å². The van der Waals surface area contributed by atoms with Gasteiger partial charge in [-0.1, -0.05) is 0 Å². The second kappa shape index (κ2) is 3.88. The summed E-state index contributed by atoms with van der Waals surface area (Å²) in [5.41, 5.74) is 6.41. The molecule has 2 fully saturated rings. The molecule has 4 heteroatoms. The van der Waals surface area contributed by atoms with E-state index < -0.39 is 0 Å². The second-order valence-corrected chi connectivity index (χ2v) is 5.44. The van der Waals surface area contributed by atoms with E-state index in [9.17, 15) is 0 Å². The molecule has 2 aliphatic heterocycles. The first-order valence-electron chi connectivity index (χ1n) is 6.39. The summed E-state index contributed by atoms with van der Waals surface area (Å²) in [7, 11) is 0. The van der Waals surface area contributed by atoms with Gasteiger partial charge in [0.25, 0.3) is 0 Å². The Balaban J connectivity index is 1.76. The Hall–Kier alpha value is -1.29. The van der Waals surface area contributed by atoms with Gasteiger partial charge in [-0.05, 0) is 32.4 Å². The molecule has 3 heterocycles. The molecular formula is C13H20N4. The molecule has 2 aliphatic rings. The van der Waals surface area contributed by atoms with Crippen LogP contribution in [0.25, 0.3) is 0 Å². The van der Waals surface area contributed by atoms with Crippen molar-refractivity contribution >= 4 is 11.5 Å². The standard InChI is InChI=1S/C13H20N4/c1-9(2)16-7-12-5-11(16)8-17(12)13-4-3-10(14)6-15-13/h3-4,6,9,11-12H,5,7-8,14H2,1-2H3/t11-,12-/m0/s1. The zero-order chi connectivity index (χ0) is 12.0. The van der Waals surface area contributed by atoms with Gasteiger partial charge < -0.3 is 10.6 Å². The van der Waals surface area contributed by atoms with Gasteiger partial charge in [0.1, 0.15) is 5.82 Å². The van der Waals surface area contributed by atoms with Crippen molar-refractivity contribution in [2.75, 3.05) is 23.7 Å². The summed E-state index contributed by atoms with van der Waals surface area (Å²) in [5, 5.41) is 0. The Morgan fingerprint density at radius 2 is 2.12 bits per heavy atom. The van der Waals surface area contributed by atoms with Crippen LogP contribution < -0.4 is 10.6 Å². The van der Waals surface area contributed by atoms with Crippen molar-refractivity contribution in [3.05, 3.63) is 18.3 Å². The Bertz CT molecular complexity index is 400. The summed E-state index contributed by atoms with van der Waals surface area (Å²) in [5.74, 6) is 1.08. The fourth-order valence-corrected chi connectivity index (χ4v) is 3.18. The van der Waals surface area contributed by atoms with Crippen LogP contribution in [0.3, 0.4) is 0 Å². The Morgan fingerprint density at radius 3 is 2.65 bits per heavy atom. The average Bonchev–Trinajstić information content (AvgIpc) is 2.89. The molecular weight excluding hydrogens is 212 g/mol. The third-order valence-corrected chi connectivity index (χ3v) is 4.01. The normalized spacial score (nSPS) is 28.3. The van der Waals surface area contributed by atoms with Crippen LogP contribution >= 0.6 is 0 Å². The molecule has 92 valence electrons. The van der Waals surface area contributed by atoms with Gasteiger partial charge in [-0.15, -0.1) is 0 Å². The van der Waals surface area contributed by atoms with Crippen molar-refractivity contribution in [1.82, 2.24) is 9.88 Å². The highest BCUT2D eigenvalue weighted by molar-refractivity contribution is 5.48. The topological polar surface area (TPSA) is 45.4 Å². The lowest BCUT2D eigenvalue weighted by Gasteiger charge is -2.37. The Morgan fingerprint density at radius 1 is 1.29 bits per heavy atom. The van der Waals surface area contributed by atoms with Gasteiger partial charge >= 0.3 is 0 Å². The van der Waals surface area contributed by atoms with Crippen LogP contribution in [0.15, 0.2) is 18.3 Å². The zero-order valence-corrected chi connectivity index (χ0v) is 10.5. The van der Waals surface area contributed by atoms with Crippen molar-refractivity contribution in [3.63, 3.8) is 0 Å². The van der Waals surface area contributed by atoms with Crippen LogP contribution in [-0.4, -0.2) is 41.1 Å². The quantitative estimate of drug-likeness (QED) is 0.835. The van der Waals surface area contributed by atoms with Crippen LogP contribution in [0.4, 0.5) is 11.5 Å². The Labute approximate surface area is 102 Å². The van der Waals surface area contributed by atoms with Crippen molar-refractivity contribution in [2.45, 2.75) is 38.4 Å². The third kappa shape index (κ3) is 1.76. The molecule has 1 aromatic rings. The highest BCUT2D eigenvalue weighted by Crippen LogP contribution is 2.34. The monoisotopic (exact) mass is 232 g/mol. The molecule has 2 atom stereocenters. The lowest BCUT2D eigenvalue weighted by atomic mass is 10.2. The third-order valence-electron chi connectivity index (χ3n) is 4.01. The molecule has 0 aliphatic carbocycles. The number of nitrogen functional groups attached to an aromatic ring is 1. The highest BCUT2D eigenvalue weighted by Gasteiger charge is 2.44. The van der Waals surface area contributed by atoms with Crippen LogP contribution in [0.1, 0.15) is 20.3 Å². The molecule has 0 unspecified atom stereocenters. The molecule has 0 saturated carbocycles. The Kier molecular flexibility index (Phi) is 2.47.